The van der Waals surface area contributed by atoms with Crippen LogP contribution in [0.3, 0.4) is 0 Å². The number of ether oxygens (including phenoxy) is 1. The van der Waals surface area contributed by atoms with Gasteiger partial charge in [0.15, 0.2) is 9.84 Å². The van der Waals surface area contributed by atoms with Crippen molar-refractivity contribution in [1.29, 1.82) is 0 Å². The molecule has 5 nitrogen and oxygen atoms in total. The predicted octanol–water partition coefficient (Wildman–Crippen LogP) is -0.139. The highest BCUT2D eigenvalue weighted by Gasteiger charge is 2.46. The summed E-state index contributed by atoms with van der Waals surface area (Å²) in [4.78, 5) is 2.31. The van der Waals surface area contributed by atoms with Gasteiger partial charge in [-0.15, -0.1) is 0 Å². The summed E-state index contributed by atoms with van der Waals surface area (Å²) in [5, 5.41) is 0. The fourth-order valence-electron chi connectivity index (χ4n) is 3.31. The monoisotopic (exact) mass is 276 g/mol. The fraction of sp³-hybridized carbons (Fsp3) is 1.00. The third-order valence-electron chi connectivity index (χ3n) is 4.34. The summed E-state index contributed by atoms with van der Waals surface area (Å²) in [5.41, 5.74) is 5.59. The first-order valence-corrected chi connectivity index (χ1v) is 8.48. The second kappa shape index (κ2) is 5.45. The quantitative estimate of drug-likeness (QED) is 0.774. The lowest BCUT2D eigenvalue weighted by Gasteiger charge is -2.44. The molecule has 106 valence electrons. The molecule has 2 aliphatic heterocycles. The van der Waals surface area contributed by atoms with E-state index in [1.54, 1.807) is 7.11 Å². The Balaban J connectivity index is 2.08. The average Bonchev–Trinajstić information content (AvgIpc) is 2.67. The van der Waals surface area contributed by atoms with Crippen molar-refractivity contribution in [3.8, 4) is 0 Å². The number of likely N-dealkylation sites (tertiary alicyclic amines) is 1. The van der Waals surface area contributed by atoms with Crippen LogP contribution in [0.15, 0.2) is 0 Å². The molecule has 0 aromatic carbocycles. The van der Waals surface area contributed by atoms with E-state index in [-0.39, 0.29) is 17.0 Å². The van der Waals surface area contributed by atoms with Gasteiger partial charge in [-0.1, -0.05) is 0 Å². The van der Waals surface area contributed by atoms with Crippen molar-refractivity contribution in [3.05, 3.63) is 0 Å². The summed E-state index contributed by atoms with van der Waals surface area (Å²) in [6.45, 7) is 3.07. The second-order valence-corrected chi connectivity index (χ2v) is 7.86. The molecule has 0 radical (unpaired) electrons. The Bertz CT molecular complexity index is 383. The first-order chi connectivity index (χ1) is 8.51. The largest absolute Gasteiger partial charge is 0.384 e. The van der Waals surface area contributed by atoms with Crippen molar-refractivity contribution in [1.82, 2.24) is 4.90 Å². The number of nitrogens with two attached hydrogens (primary N) is 1. The summed E-state index contributed by atoms with van der Waals surface area (Å²) < 4.78 is 28.7. The molecule has 2 saturated heterocycles. The van der Waals surface area contributed by atoms with Crippen molar-refractivity contribution in [2.45, 2.75) is 24.8 Å². The summed E-state index contributed by atoms with van der Waals surface area (Å²) in [6.07, 6.45) is 2.96. The van der Waals surface area contributed by atoms with E-state index in [4.69, 9.17) is 10.5 Å². The Kier molecular flexibility index (Phi) is 4.31. The van der Waals surface area contributed by atoms with Crippen LogP contribution in [0.2, 0.25) is 0 Å². The maximum atomic E-state index is 11.7. The van der Waals surface area contributed by atoms with Gasteiger partial charge in [0.1, 0.15) is 0 Å². The van der Waals surface area contributed by atoms with E-state index in [0.717, 1.165) is 32.5 Å². The number of methoxy groups -OCH3 is 1. The van der Waals surface area contributed by atoms with Gasteiger partial charge in [-0.3, -0.25) is 4.90 Å². The van der Waals surface area contributed by atoms with Gasteiger partial charge in [0.05, 0.1) is 18.1 Å². The zero-order valence-corrected chi connectivity index (χ0v) is 11.9. The van der Waals surface area contributed by atoms with Crippen LogP contribution in [0, 0.1) is 5.92 Å². The minimum Gasteiger partial charge on any atom is -0.384 e. The molecular formula is C12H24N2O3S. The Morgan fingerprint density at radius 1 is 1.50 bits per heavy atom. The summed E-state index contributed by atoms with van der Waals surface area (Å²) >= 11 is 0. The van der Waals surface area contributed by atoms with Crippen LogP contribution < -0.4 is 5.73 Å². The summed E-state index contributed by atoms with van der Waals surface area (Å²) in [5.74, 6) is 1.03. The van der Waals surface area contributed by atoms with E-state index in [1.807, 2.05) is 0 Å². The summed E-state index contributed by atoms with van der Waals surface area (Å²) in [6, 6.07) is 0. The van der Waals surface area contributed by atoms with E-state index >= 15 is 0 Å². The molecule has 2 heterocycles. The van der Waals surface area contributed by atoms with Gasteiger partial charge < -0.3 is 10.5 Å². The van der Waals surface area contributed by atoms with Crippen LogP contribution in [-0.4, -0.2) is 63.7 Å². The zero-order chi connectivity index (χ0) is 13.2. The third kappa shape index (κ3) is 2.87. The first kappa shape index (κ1) is 14.2. The van der Waals surface area contributed by atoms with Crippen LogP contribution in [0.5, 0.6) is 0 Å². The molecule has 2 aliphatic rings. The van der Waals surface area contributed by atoms with Gasteiger partial charge >= 0.3 is 0 Å². The lowest BCUT2D eigenvalue weighted by molar-refractivity contribution is 0.0340. The van der Waals surface area contributed by atoms with Crippen molar-refractivity contribution < 1.29 is 13.2 Å². The molecule has 0 amide bonds. The molecule has 0 spiro atoms. The van der Waals surface area contributed by atoms with Crippen molar-refractivity contribution in [2.75, 3.05) is 44.9 Å². The number of rotatable bonds is 4. The van der Waals surface area contributed by atoms with Gasteiger partial charge in [0.25, 0.3) is 0 Å². The maximum Gasteiger partial charge on any atom is 0.152 e. The molecule has 6 heteroatoms. The van der Waals surface area contributed by atoms with Crippen molar-refractivity contribution >= 4 is 9.84 Å². The maximum absolute atomic E-state index is 11.7. The van der Waals surface area contributed by atoms with Crippen LogP contribution in [0.1, 0.15) is 19.3 Å². The molecule has 18 heavy (non-hydrogen) atoms. The van der Waals surface area contributed by atoms with Crippen LogP contribution in [-0.2, 0) is 14.6 Å². The predicted molar refractivity (Wildman–Crippen MR) is 71.2 cm³/mol. The standard InChI is InChI=1S/C12H24N2O3S/c1-17-8-11-3-2-5-14(7-11)12(9-13)4-6-18(15,16)10-12/h11H,2-10,13H2,1H3. The number of hydrogen-bond acceptors (Lipinski definition) is 5. The number of piperidine rings is 1. The van der Waals surface area contributed by atoms with Crippen LogP contribution >= 0.6 is 0 Å². The van der Waals surface area contributed by atoms with E-state index in [9.17, 15) is 8.42 Å². The van der Waals surface area contributed by atoms with Gasteiger partial charge in [-0.05, 0) is 31.7 Å². The number of sulfone groups is 1. The number of nitrogens with zero attached hydrogens (tertiary/aromatic N) is 1. The molecule has 2 atom stereocenters. The second-order valence-electron chi connectivity index (χ2n) is 5.68. The van der Waals surface area contributed by atoms with Crippen molar-refractivity contribution in [3.63, 3.8) is 0 Å². The minimum absolute atomic E-state index is 0.232. The molecule has 0 aromatic heterocycles. The van der Waals surface area contributed by atoms with E-state index in [2.05, 4.69) is 4.90 Å². The third-order valence-corrected chi connectivity index (χ3v) is 6.14. The van der Waals surface area contributed by atoms with Gasteiger partial charge in [-0.25, -0.2) is 8.42 Å². The molecule has 0 aromatic rings. The Morgan fingerprint density at radius 3 is 2.83 bits per heavy atom. The van der Waals surface area contributed by atoms with Crippen LogP contribution in [0.25, 0.3) is 0 Å². The average molecular weight is 276 g/mol. The molecule has 2 fully saturated rings. The SMILES string of the molecule is COCC1CCCN(C2(CN)CCS(=O)(=O)C2)C1. The van der Waals surface area contributed by atoms with E-state index < -0.39 is 9.84 Å². The molecule has 2 unspecified atom stereocenters. The zero-order valence-electron chi connectivity index (χ0n) is 11.1. The molecular weight excluding hydrogens is 252 g/mol. The highest BCUT2D eigenvalue weighted by molar-refractivity contribution is 7.91. The molecule has 2 rings (SSSR count). The topological polar surface area (TPSA) is 72.6 Å². The summed E-state index contributed by atoms with van der Waals surface area (Å²) in [7, 11) is -1.18. The van der Waals surface area contributed by atoms with Crippen LogP contribution in [0.4, 0.5) is 0 Å². The Labute approximate surface area is 110 Å². The van der Waals surface area contributed by atoms with Crippen molar-refractivity contribution in [2.24, 2.45) is 11.7 Å². The normalized spacial score (nSPS) is 36.9. The lowest BCUT2D eigenvalue weighted by atomic mass is 9.90. The molecule has 0 bridgehead atoms. The number of hydrogen-bond donors (Lipinski definition) is 1. The van der Waals surface area contributed by atoms with Gasteiger partial charge in [0, 0.05) is 25.7 Å². The smallest absolute Gasteiger partial charge is 0.152 e. The van der Waals surface area contributed by atoms with E-state index in [0.29, 0.717) is 18.9 Å². The first-order valence-electron chi connectivity index (χ1n) is 6.66. The highest BCUT2D eigenvalue weighted by atomic mass is 32.2. The molecule has 0 aliphatic carbocycles. The Morgan fingerprint density at radius 2 is 2.28 bits per heavy atom. The molecule has 2 N–H and O–H groups in total. The lowest BCUT2D eigenvalue weighted by Crippen LogP contribution is -2.58. The fourth-order valence-corrected chi connectivity index (χ4v) is 5.41. The van der Waals surface area contributed by atoms with Gasteiger partial charge in [-0.2, -0.15) is 0 Å². The molecule has 0 saturated carbocycles. The Hall–Kier alpha value is -0.170. The van der Waals surface area contributed by atoms with Gasteiger partial charge in [0.2, 0.25) is 0 Å². The highest BCUT2D eigenvalue weighted by Crippen LogP contribution is 2.32. The minimum atomic E-state index is -2.90. The van der Waals surface area contributed by atoms with E-state index in [1.165, 1.54) is 0 Å².